The van der Waals surface area contributed by atoms with Gasteiger partial charge in [-0.1, -0.05) is 48.0 Å². The van der Waals surface area contributed by atoms with Crippen molar-refractivity contribution in [1.29, 1.82) is 10.5 Å². The molecule has 0 radical (unpaired) electrons. The number of aromatic nitrogens is 4. The molecule has 9 rings (SSSR count). The molecule has 8 aromatic rings. The van der Waals surface area contributed by atoms with Gasteiger partial charge >= 0.3 is 0 Å². The molecule has 0 spiro atoms. The number of anilines is 5. The van der Waals surface area contributed by atoms with Crippen molar-refractivity contribution >= 4 is 107 Å². The number of aryl methyl sites for hydroxylation is 2. The fourth-order valence-electron chi connectivity index (χ4n) is 7.75. The van der Waals surface area contributed by atoms with E-state index >= 15 is 0 Å². The van der Waals surface area contributed by atoms with Crippen LogP contribution in [0.2, 0.25) is 5.15 Å². The number of halogens is 1. The van der Waals surface area contributed by atoms with Gasteiger partial charge in [0.25, 0.3) is 23.6 Å². The zero-order valence-corrected chi connectivity index (χ0v) is 44.9. The fraction of sp³-hybridized carbons (Fsp3) is 0.250. The van der Waals surface area contributed by atoms with Gasteiger partial charge in [-0.05, 0) is 124 Å². The van der Waals surface area contributed by atoms with Gasteiger partial charge in [-0.15, -0.1) is 22.7 Å². The average Bonchev–Trinajstić information content (AvgIpc) is 4.06. The number of nitrogens with zero attached hydrogens (tertiary/aromatic N) is 7. The van der Waals surface area contributed by atoms with Gasteiger partial charge in [-0.2, -0.15) is 10.5 Å². The lowest BCUT2D eigenvalue weighted by Crippen LogP contribution is -2.39. The molecule has 17 nitrogen and oxygen atoms in total. The van der Waals surface area contributed by atoms with Crippen molar-refractivity contribution in [1.82, 2.24) is 24.8 Å². The summed E-state index contributed by atoms with van der Waals surface area (Å²) in [7, 11) is 0. The molecule has 0 saturated carbocycles. The summed E-state index contributed by atoms with van der Waals surface area (Å²) in [6.45, 7) is 16.0. The Morgan fingerprint density at radius 2 is 1.13 bits per heavy atom. The van der Waals surface area contributed by atoms with Crippen LogP contribution < -0.4 is 26.6 Å². The molecular formula is C56H53ClN12O5S2. The highest BCUT2D eigenvalue weighted by molar-refractivity contribution is 7.20. The van der Waals surface area contributed by atoms with Gasteiger partial charge in [-0.25, -0.2) is 15.0 Å². The second kappa shape index (κ2) is 23.6. The first-order valence-electron chi connectivity index (χ1n) is 24.1. The summed E-state index contributed by atoms with van der Waals surface area (Å²) in [5, 5.41) is 34.0. The van der Waals surface area contributed by atoms with Gasteiger partial charge < -0.3 is 31.3 Å². The highest BCUT2D eigenvalue weighted by atomic mass is 35.5. The maximum atomic E-state index is 13.2. The lowest BCUT2D eigenvalue weighted by Gasteiger charge is -2.26. The largest absolute Gasteiger partial charge is 0.379 e. The Bertz CT molecular complexity index is 3590. The van der Waals surface area contributed by atoms with Crippen LogP contribution in [0.15, 0.2) is 109 Å². The van der Waals surface area contributed by atoms with Crippen molar-refractivity contribution in [2.24, 2.45) is 0 Å². The molecule has 1 aliphatic rings. The maximum Gasteiger partial charge on any atom is 0.265 e. The predicted octanol–water partition coefficient (Wildman–Crippen LogP) is 11.0. The Morgan fingerprint density at radius 1 is 0.645 bits per heavy atom. The number of carbonyl (C=O) groups is 4. The quantitative estimate of drug-likeness (QED) is 0.0682. The molecule has 20 heteroatoms. The highest BCUT2D eigenvalue weighted by Crippen LogP contribution is 2.30. The molecule has 5 heterocycles. The number of hydrogen-bond acceptors (Lipinski definition) is 15. The fourth-order valence-corrected chi connectivity index (χ4v) is 9.70. The second-order valence-electron chi connectivity index (χ2n) is 18.9. The lowest BCUT2D eigenvalue weighted by atomic mass is 9.85. The third-order valence-corrected chi connectivity index (χ3v) is 14.7. The molecule has 0 atom stereocenters. The van der Waals surface area contributed by atoms with Gasteiger partial charge in [0.15, 0.2) is 0 Å². The smallest absolute Gasteiger partial charge is 0.265 e. The van der Waals surface area contributed by atoms with Crippen LogP contribution in [-0.4, -0.2) is 87.9 Å². The average molecular weight is 1070 g/mol. The molecule has 4 amide bonds. The summed E-state index contributed by atoms with van der Waals surface area (Å²) in [6, 6.07) is 32.6. The van der Waals surface area contributed by atoms with Crippen molar-refractivity contribution in [2.45, 2.75) is 52.4 Å². The molecule has 1 aliphatic heterocycles. The highest BCUT2D eigenvalue weighted by Gasteiger charge is 2.23. The van der Waals surface area contributed by atoms with E-state index < -0.39 is 10.8 Å². The first kappa shape index (κ1) is 54.1. The third-order valence-electron chi connectivity index (χ3n) is 12.5. The first-order valence-corrected chi connectivity index (χ1v) is 26.1. The number of rotatable bonds is 14. The van der Waals surface area contributed by atoms with Crippen LogP contribution in [0, 0.1) is 36.5 Å². The molecule has 4 aromatic carbocycles. The number of thiophene rings is 2. The van der Waals surface area contributed by atoms with Crippen molar-refractivity contribution in [3.05, 3.63) is 158 Å². The van der Waals surface area contributed by atoms with Gasteiger partial charge in [-0.3, -0.25) is 29.1 Å². The van der Waals surface area contributed by atoms with Crippen molar-refractivity contribution in [3.8, 4) is 12.1 Å². The Kier molecular flexibility index (Phi) is 16.8. The van der Waals surface area contributed by atoms with Crippen LogP contribution in [-0.2, 0) is 15.6 Å². The van der Waals surface area contributed by atoms with E-state index in [9.17, 15) is 29.7 Å². The summed E-state index contributed by atoms with van der Waals surface area (Å²) in [5.41, 5.74) is 6.15. The van der Waals surface area contributed by atoms with Crippen molar-refractivity contribution < 1.29 is 23.9 Å². The minimum Gasteiger partial charge on any atom is -0.379 e. The summed E-state index contributed by atoms with van der Waals surface area (Å²) in [4.78, 5) is 73.9. The minimum absolute atomic E-state index is 0.266. The Morgan fingerprint density at radius 3 is 1.63 bits per heavy atom. The molecule has 5 N–H and O–H groups in total. The standard InChI is InChI=1S/C31H33N7O3S.C25H20ClN5O2S/c1-20-7-8-23(35-28(39)21-5-4-6-22(15-21)31(2,3)19-32)16-24(20)36-29(40)26-17-25-30(42-26)37-27(18-34-25)33-9-10-38-11-13-41-14-12-38;1-14-7-8-17(29-22(32)15-5-4-6-16(9-15)25(2,3)13-27)10-18(14)30-23(33)20-11-19-24(34-20)31-21(26)12-28-19/h4-8,15-18H,9-14H2,1-3H3,(H,33,37)(H,35,39)(H,36,40);4-12H,1-3H3,(H,29,32)(H,30,33). The zero-order chi connectivity index (χ0) is 54.1. The Balaban J connectivity index is 0.000000206. The zero-order valence-electron chi connectivity index (χ0n) is 42.5. The topological polar surface area (TPSA) is 240 Å². The Labute approximate surface area is 452 Å². The van der Waals surface area contributed by atoms with E-state index in [1.807, 2.05) is 52.0 Å². The van der Waals surface area contributed by atoms with Gasteiger partial charge in [0.2, 0.25) is 0 Å². The van der Waals surface area contributed by atoms with Crippen molar-refractivity contribution in [3.63, 3.8) is 0 Å². The van der Waals surface area contributed by atoms with Crippen LogP contribution in [0.4, 0.5) is 28.6 Å². The normalized spacial score (nSPS) is 12.6. The molecule has 0 bridgehead atoms. The van der Waals surface area contributed by atoms with Crippen molar-refractivity contribution in [2.75, 3.05) is 66.0 Å². The molecule has 4 aromatic heterocycles. The predicted molar refractivity (Wildman–Crippen MR) is 300 cm³/mol. The van der Waals surface area contributed by atoms with Gasteiger partial charge in [0, 0.05) is 60.1 Å². The van der Waals surface area contributed by atoms with E-state index in [2.05, 4.69) is 63.6 Å². The number of ether oxygens (including phenoxy) is 1. The van der Waals surface area contributed by atoms with E-state index in [-0.39, 0.29) is 28.8 Å². The maximum absolute atomic E-state index is 13.2. The summed E-state index contributed by atoms with van der Waals surface area (Å²) >= 11 is 8.36. The molecule has 0 aliphatic carbocycles. The molecule has 76 heavy (non-hydrogen) atoms. The lowest BCUT2D eigenvalue weighted by molar-refractivity contribution is 0.0398. The van der Waals surface area contributed by atoms with E-state index in [0.717, 1.165) is 61.6 Å². The van der Waals surface area contributed by atoms with Crippen LogP contribution in [0.5, 0.6) is 0 Å². The minimum atomic E-state index is -0.712. The summed E-state index contributed by atoms with van der Waals surface area (Å²) < 4.78 is 5.39. The molecule has 0 unspecified atom stereocenters. The Hall–Kier alpha value is -8.17. The van der Waals surface area contributed by atoms with Crippen LogP contribution >= 0.6 is 34.3 Å². The van der Waals surface area contributed by atoms with E-state index in [1.165, 1.54) is 28.9 Å². The number of amides is 4. The van der Waals surface area contributed by atoms with Crippen LogP contribution in [0.25, 0.3) is 20.7 Å². The second-order valence-corrected chi connectivity index (χ2v) is 21.4. The number of nitrogens with one attached hydrogen (secondary N) is 5. The number of morpholine rings is 1. The molecule has 1 fully saturated rings. The molecular weight excluding hydrogens is 1020 g/mol. The molecule has 1 saturated heterocycles. The third kappa shape index (κ3) is 13.4. The monoisotopic (exact) mass is 1070 g/mol. The number of carbonyl (C=O) groups excluding carboxylic acids is 4. The van der Waals surface area contributed by atoms with Crippen LogP contribution in [0.3, 0.4) is 0 Å². The summed E-state index contributed by atoms with van der Waals surface area (Å²) in [6.07, 6.45) is 3.12. The first-order chi connectivity index (χ1) is 36.4. The van der Waals surface area contributed by atoms with E-state index in [0.29, 0.717) is 70.1 Å². The number of fused-ring (bicyclic) bond motifs is 2. The number of nitriles is 2. The van der Waals surface area contributed by atoms with Gasteiger partial charge in [0.1, 0.15) is 31.7 Å². The van der Waals surface area contributed by atoms with Gasteiger partial charge in [0.05, 0.1) is 58.3 Å². The number of hydrogen-bond donors (Lipinski definition) is 5. The SMILES string of the molecule is Cc1ccc(NC(=O)c2cccc(C(C)(C)C#N)c2)cc1NC(=O)c1cc2ncc(Cl)nc2s1.Cc1ccc(NC(=O)c2cccc(C(C)(C)C#N)c2)cc1NC(=O)c1cc2ncc(NCCN3CCOCC3)nc2s1. The van der Waals surface area contributed by atoms with E-state index in [1.54, 1.807) is 92.8 Å². The summed E-state index contributed by atoms with van der Waals surface area (Å²) in [5.74, 6) is -0.526. The van der Waals surface area contributed by atoms with Crippen LogP contribution in [0.1, 0.15) is 90.0 Å². The molecule has 386 valence electrons. The van der Waals surface area contributed by atoms with E-state index in [4.69, 9.17) is 16.3 Å². The number of benzene rings is 4.